The predicted octanol–water partition coefficient (Wildman–Crippen LogP) is 1.80. The minimum Gasteiger partial charge on any atom is -0.497 e. The van der Waals surface area contributed by atoms with Crippen LogP contribution >= 0.6 is 0 Å². The van der Waals surface area contributed by atoms with Crippen molar-refractivity contribution in [1.29, 1.82) is 0 Å². The molecule has 0 saturated heterocycles. The van der Waals surface area contributed by atoms with Gasteiger partial charge < -0.3 is 18.6 Å². The number of carbonyl (C=O) groups is 1. The molecule has 3 rings (SSSR count). The van der Waals surface area contributed by atoms with Crippen LogP contribution in [-0.2, 0) is 18.4 Å². The summed E-state index contributed by atoms with van der Waals surface area (Å²) in [6, 6.07) is 9.89. The van der Waals surface area contributed by atoms with Gasteiger partial charge in [-0.05, 0) is 18.2 Å². The van der Waals surface area contributed by atoms with Crippen LogP contribution in [0.1, 0.15) is 16.2 Å². The van der Waals surface area contributed by atoms with Gasteiger partial charge in [-0.25, -0.2) is 4.79 Å². The topological polar surface area (TPSA) is 96.5 Å². The SMILES string of the molecule is COc1cccc(-c2noc(COC(=O)c3ccn(C)c(=O)c3)n2)c1. The van der Waals surface area contributed by atoms with Gasteiger partial charge in [0.15, 0.2) is 6.61 Å². The molecule has 0 aliphatic rings. The number of benzene rings is 1. The van der Waals surface area contributed by atoms with E-state index in [4.69, 9.17) is 14.0 Å². The van der Waals surface area contributed by atoms with Crippen molar-refractivity contribution in [2.45, 2.75) is 6.61 Å². The van der Waals surface area contributed by atoms with Crippen LogP contribution in [-0.4, -0.2) is 27.8 Å². The molecule has 0 unspecified atom stereocenters. The first-order valence-electron chi connectivity index (χ1n) is 7.37. The summed E-state index contributed by atoms with van der Waals surface area (Å²) >= 11 is 0. The van der Waals surface area contributed by atoms with E-state index in [2.05, 4.69) is 10.1 Å². The smallest absolute Gasteiger partial charge is 0.338 e. The molecule has 0 aliphatic carbocycles. The van der Waals surface area contributed by atoms with Crippen molar-refractivity contribution in [3.63, 3.8) is 0 Å². The lowest BCUT2D eigenvalue weighted by molar-refractivity contribution is 0.0429. The van der Waals surface area contributed by atoms with Gasteiger partial charge in [0, 0.05) is 24.9 Å². The van der Waals surface area contributed by atoms with E-state index in [0.29, 0.717) is 17.1 Å². The largest absolute Gasteiger partial charge is 0.497 e. The summed E-state index contributed by atoms with van der Waals surface area (Å²) in [4.78, 5) is 27.7. The molecule has 0 radical (unpaired) electrons. The molecular weight excluding hydrogens is 326 g/mol. The summed E-state index contributed by atoms with van der Waals surface area (Å²) < 4.78 is 16.7. The van der Waals surface area contributed by atoms with E-state index in [1.54, 1.807) is 32.4 Å². The number of pyridine rings is 1. The fourth-order valence-corrected chi connectivity index (χ4v) is 2.08. The maximum absolute atomic E-state index is 12.0. The van der Waals surface area contributed by atoms with Crippen LogP contribution in [0.5, 0.6) is 5.75 Å². The highest BCUT2D eigenvalue weighted by Gasteiger charge is 2.13. The van der Waals surface area contributed by atoms with Gasteiger partial charge in [0.1, 0.15) is 5.75 Å². The summed E-state index contributed by atoms with van der Waals surface area (Å²) in [5, 5.41) is 3.85. The Balaban J connectivity index is 1.68. The van der Waals surface area contributed by atoms with Crippen molar-refractivity contribution in [2.75, 3.05) is 7.11 Å². The van der Waals surface area contributed by atoms with Crippen LogP contribution in [0.25, 0.3) is 11.4 Å². The van der Waals surface area contributed by atoms with Crippen LogP contribution < -0.4 is 10.3 Å². The van der Waals surface area contributed by atoms with Crippen molar-refractivity contribution < 1.29 is 18.8 Å². The van der Waals surface area contributed by atoms with E-state index in [-0.39, 0.29) is 23.6 Å². The van der Waals surface area contributed by atoms with Crippen molar-refractivity contribution in [1.82, 2.24) is 14.7 Å². The van der Waals surface area contributed by atoms with Gasteiger partial charge >= 0.3 is 5.97 Å². The highest BCUT2D eigenvalue weighted by atomic mass is 16.6. The Hall–Kier alpha value is -3.42. The fraction of sp³-hybridized carbons (Fsp3) is 0.176. The molecule has 8 nitrogen and oxygen atoms in total. The van der Waals surface area contributed by atoms with Crippen LogP contribution in [0, 0.1) is 0 Å². The zero-order chi connectivity index (χ0) is 17.8. The maximum Gasteiger partial charge on any atom is 0.338 e. The number of ether oxygens (including phenoxy) is 2. The molecule has 0 saturated carbocycles. The van der Waals surface area contributed by atoms with E-state index in [1.165, 1.54) is 22.9 Å². The Bertz CT molecular complexity index is 961. The van der Waals surface area contributed by atoms with E-state index in [9.17, 15) is 9.59 Å². The summed E-state index contributed by atoms with van der Waals surface area (Å²) in [6.07, 6.45) is 1.49. The van der Waals surface area contributed by atoms with Crippen LogP contribution in [0.15, 0.2) is 51.9 Å². The number of aromatic nitrogens is 3. The van der Waals surface area contributed by atoms with Gasteiger partial charge in [0.2, 0.25) is 5.82 Å². The standard InChI is InChI=1S/C17H15N3O5/c1-20-7-6-12(9-15(20)21)17(22)24-10-14-18-16(19-25-14)11-4-3-5-13(8-11)23-2/h3-9H,10H2,1-2H3. The second-order valence-corrected chi connectivity index (χ2v) is 5.18. The van der Waals surface area contributed by atoms with Gasteiger partial charge in [0.25, 0.3) is 11.4 Å². The molecule has 0 N–H and O–H groups in total. The molecule has 2 aromatic heterocycles. The molecule has 3 aromatic rings. The molecule has 2 heterocycles. The average Bonchev–Trinajstić information content (AvgIpc) is 3.11. The normalized spacial score (nSPS) is 10.5. The molecule has 25 heavy (non-hydrogen) atoms. The number of rotatable bonds is 5. The number of aryl methyl sites for hydroxylation is 1. The first-order valence-corrected chi connectivity index (χ1v) is 7.37. The number of methoxy groups -OCH3 is 1. The van der Waals surface area contributed by atoms with E-state index in [1.807, 2.05) is 6.07 Å². The summed E-state index contributed by atoms with van der Waals surface area (Å²) in [5.41, 5.74) is 0.579. The van der Waals surface area contributed by atoms with E-state index >= 15 is 0 Å². The molecule has 8 heteroatoms. The lowest BCUT2D eigenvalue weighted by Crippen LogP contribution is -2.17. The van der Waals surface area contributed by atoms with Crippen LogP contribution in [0.4, 0.5) is 0 Å². The third-order valence-electron chi connectivity index (χ3n) is 3.46. The maximum atomic E-state index is 12.0. The van der Waals surface area contributed by atoms with E-state index < -0.39 is 5.97 Å². The number of hydrogen-bond acceptors (Lipinski definition) is 7. The molecule has 0 amide bonds. The van der Waals surface area contributed by atoms with Crippen molar-refractivity contribution in [2.24, 2.45) is 7.05 Å². The van der Waals surface area contributed by atoms with Gasteiger partial charge in [0.05, 0.1) is 12.7 Å². The van der Waals surface area contributed by atoms with Crippen molar-refractivity contribution in [3.8, 4) is 17.1 Å². The van der Waals surface area contributed by atoms with Crippen molar-refractivity contribution >= 4 is 5.97 Å². The van der Waals surface area contributed by atoms with Gasteiger partial charge in [-0.3, -0.25) is 4.79 Å². The third-order valence-corrected chi connectivity index (χ3v) is 3.46. The van der Waals surface area contributed by atoms with Crippen LogP contribution in [0.2, 0.25) is 0 Å². The lowest BCUT2D eigenvalue weighted by atomic mass is 10.2. The predicted molar refractivity (Wildman–Crippen MR) is 87.1 cm³/mol. The Kier molecular flexibility index (Phi) is 4.60. The average molecular weight is 341 g/mol. The molecule has 1 aromatic carbocycles. The van der Waals surface area contributed by atoms with Gasteiger partial charge in [-0.1, -0.05) is 17.3 Å². The number of esters is 1. The summed E-state index contributed by atoms with van der Waals surface area (Å²) in [7, 11) is 3.16. The minimum atomic E-state index is -0.640. The van der Waals surface area contributed by atoms with Crippen molar-refractivity contribution in [3.05, 3.63) is 64.4 Å². The second kappa shape index (κ2) is 7.00. The second-order valence-electron chi connectivity index (χ2n) is 5.18. The Labute approximate surface area is 142 Å². The molecule has 0 fully saturated rings. The number of nitrogens with zero attached hydrogens (tertiary/aromatic N) is 3. The summed E-state index contributed by atoms with van der Waals surface area (Å²) in [5.74, 6) is 0.535. The van der Waals surface area contributed by atoms with Gasteiger partial charge in [-0.15, -0.1) is 0 Å². The quantitative estimate of drug-likeness (QED) is 0.653. The first-order chi connectivity index (χ1) is 12.1. The summed E-state index contributed by atoms with van der Waals surface area (Å²) in [6.45, 7) is -0.189. The molecule has 0 spiro atoms. The zero-order valence-electron chi connectivity index (χ0n) is 13.6. The highest BCUT2D eigenvalue weighted by molar-refractivity contribution is 5.89. The lowest BCUT2D eigenvalue weighted by Gasteiger charge is -2.02. The number of carbonyl (C=O) groups excluding carboxylic acids is 1. The molecule has 0 aliphatic heterocycles. The Morgan fingerprint density at radius 3 is 2.88 bits per heavy atom. The Morgan fingerprint density at radius 1 is 1.28 bits per heavy atom. The fourth-order valence-electron chi connectivity index (χ4n) is 2.08. The Morgan fingerprint density at radius 2 is 2.12 bits per heavy atom. The van der Waals surface area contributed by atoms with E-state index in [0.717, 1.165) is 0 Å². The minimum absolute atomic E-state index is 0.148. The highest BCUT2D eigenvalue weighted by Crippen LogP contribution is 2.21. The van der Waals surface area contributed by atoms with Gasteiger partial charge in [-0.2, -0.15) is 4.98 Å². The third kappa shape index (κ3) is 3.74. The monoisotopic (exact) mass is 341 g/mol. The number of hydrogen-bond donors (Lipinski definition) is 0. The zero-order valence-corrected chi connectivity index (χ0v) is 13.6. The first kappa shape index (κ1) is 16.4. The molecular formula is C17H15N3O5. The van der Waals surface area contributed by atoms with Crippen LogP contribution in [0.3, 0.4) is 0 Å². The molecule has 0 atom stereocenters. The molecule has 128 valence electrons. The molecule has 0 bridgehead atoms.